The van der Waals surface area contributed by atoms with Crippen molar-refractivity contribution in [3.63, 3.8) is 0 Å². The van der Waals surface area contributed by atoms with E-state index in [9.17, 15) is 9.59 Å². The van der Waals surface area contributed by atoms with Gasteiger partial charge in [0.05, 0.1) is 16.4 Å². The van der Waals surface area contributed by atoms with Gasteiger partial charge in [0.25, 0.3) is 11.5 Å². The molecule has 1 N–H and O–H groups in total. The van der Waals surface area contributed by atoms with Gasteiger partial charge in [0, 0.05) is 19.3 Å². The van der Waals surface area contributed by atoms with Crippen molar-refractivity contribution in [3.05, 3.63) is 45.7 Å². The fraction of sp³-hybridized carbons (Fsp3) is 0.353. The molecule has 3 rings (SSSR count). The fourth-order valence-electron chi connectivity index (χ4n) is 2.34. The van der Waals surface area contributed by atoms with Gasteiger partial charge in [-0.15, -0.1) is 11.3 Å². The molecule has 24 heavy (non-hydrogen) atoms. The molecule has 0 atom stereocenters. The Morgan fingerprint density at radius 3 is 3.04 bits per heavy atom. The van der Waals surface area contributed by atoms with Crippen LogP contribution in [0, 0.1) is 0 Å². The van der Waals surface area contributed by atoms with Gasteiger partial charge in [-0.25, -0.2) is 4.98 Å². The van der Waals surface area contributed by atoms with Crippen molar-refractivity contribution in [2.45, 2.75) is 26.4 Å². The Morgan fingerprint density at radius 2 is 2.25 bits per heavy atom. The predicted octanol–water partition coefficient (Wildman–Crippen LogP) is 2.45. The van der Waals surface area contributed by atoms with E-state index in [1.165, 1.54) is 15.7 Å². The second-order valence-electron chi connectivity index (χ2n) is 5.70. The fourth-order valence-corrected chi connectivity index (χ4v) is 3.29. The second kappa shape index (κ2) is 7.11. The van der Waals surface area contributed by atoms with Crippen LogP contribution >= 0.6 is 11.3 Å². The Hall–Kier alpha value is -2.25. The number of aromatic nitrogens is 2. The van der Waals surface area contributed by atoms with Crippen molar-refractivity contribution >= 4 is 33.1 Å². The lowest BCUT2D eigenvalue weighted by molar-refractivity contribution is 0.0757. The SMILES string of the molecule is CC(C)OCCCNC(=O)c1cc2c(=O)n3ccccc3nc2s1. The van der Waals surface area contributed by atoms with Crippen LogP contribution in [0.3, 0.4) is 0 Å². The van der Waals surface area contributed by atoms with Crippen molar-refractivity contribution in [2.75, 3.05) is 13.2 Å². The van der Waals surface area contributed by atoms with E-state index in [0.717, 1.165) is 6.42 Å². The van der Waals surface area contributed by atoms with Crippen LogP contribution in [0.15, 0.2) is 35.3 Å². The lowest BCUT2D eigenvalue weighted by atomic mass is 10.3. The number of pyridine rings is 1. The van der Waals surface area contributed by atoms with Crippen LogP contribution in [-0.4, -0.2) is 34.5 Å². The van der Waals surface area contributed by atoms with Gasteiger partial charge in [-0.1, -0.05) is 6.07 Å². The highest BCUT2D eigenvalue weighted by Gasteiger charge is 2.14. The minimum atomic E-state index is -0.184. The number of nitrogens with zero attached hydrogens (tertiary/aromatic N) is 2. The molecular formula is C17H19N3O3S. The predicted molar refractivity (Wildman–Crippen MR) is 94.9 cm³/mol. The number of hydrogen-bond acceptors (Lipinski definition) is 5. The minimum absolute atomic E-state index is 0.156. The molecule has 0 unspecified atom stereocenters. The lowest BCUT2D eigenvalue weighted by Crippen LogP contribution is -2.24. The zero-order valence-electron chi connectivity index (χ0n) is 13.6. The number of amides is 1. The van der Waals surface area contributed by atoms with Crippen molar-refractivity contribution in [1.29, 1.82) is 0 Å². The van der Waals surface area contributed by atoms with Gasteiger partial charge in [0.1, 0.15) is 10.5 Å². The summed E-state index contributed by atoms with van der Waals surface area (Å²) in [6, 6.07) is 7.00. The standard InChI is InChI=1S/C17H19N3O3S/c1-11(2)23-9-5-7-18-15(21)13-10-12-16(24-13)19-14-6-3-4-8-20(14)17(12)22/h3-4,6,8,10-11H,5,7,9H2,1-2H3,(H,18,21). The summed E-state index contributed by atoms with van der Waals surface area (Å²) in [5.41, 5.74) is 0.422. The van der Waals surface area contributed by atoms with Crippen molar-refractivity contribution in [2.24, 2.45) is 0 Å². The molecule has 3 aromatic rings. The second-order valence-corrected chi connectivity index (χ2v) is 6.73. The Bertz CT molecular complexity index is 930. The minimum Gasteiger partial charge on any atom is -0.379 e. The van der Waals surface area contributed by atoms with E-state index >= 15 is 0 Å². The molecule has 3 heterocycles. The summed E-state index contributed by atoms with van der Waals surface area (Å²) in [5.74, 6) is -0.184. The maximum Gasteiger partial charge on any atom is 0.266 e. The smallest absolute Gasteiger partial charge is 0.266 e. The molecule has 0 aromatic carbocycles. The van der Waals surface area contributed by atoms with E-state index in [-0.39, 0.29) is 17.6 Å². The molecule has 0 aliphatic carbocycles. The number of rotatable bonds is 6. The van der Waals surface area contributed by atoms with Crippen LogP contribution in [0.25, 0.3) is 15.9 Å². The lowest BCUT2D eigenvalue weighted by Gasteiger charge is -2.07. The van der Waals surface area contributed by atoms with E-state index < -0.39 is 0 Å². The van der Waals surface area contributed by atoms with Crippen molar-refractivity contribution in [1.82, 2.24) is 14.7 Å². The molecule has 0 bridgehead atoms. The van der Waals surface area contributed by atoms with Gasteiger partial charge in [-0.2, -0.15) is 0 Å². The summed E-state index contributed by atoms with van der Waals surface area (Å²) < 4.78 is 6.92. The van der Waals surface area contributed by atoms with Crippen LogP contribution in [0.2, 0.25) is 0 Å². The highest BCUT2D eigenvalue weighted by atomic mass is 32.1. The highest BCUT2D eigenvalue weighted by molar-refractivity contribution is 7.20. The number of ether oxygens (including phenoxy) is 1. The molecule has 0 spiro atoms. The average Bonchev–Trinajstić information content (AvgIpc) is 2.99. The molecule has 3 aromatic heterocycles. The van der Waals surface area contributed by atoms with Crippen LogP contribution < -0.4 is 10.9 Å². The normalized spacial score (nSPS) is 11.5. The van der Waals surface area contributed by atoms with E-state index in [2.05, 4.69) is 10.3 Å². The van der Waals surface area contributed by atoms with Crippen LogP contribution in [0.1, 0.15) is 29.9 Å². The molecular weight excluding hydrogens is 326 g/mol. The monoisotopic (exact) mass is 345 g/mol. The summed E-state index contributed by atoms with van der Waals surface area (Å²) in [6.45, 7) is 5.10. The van der Waals surface area contributed by atoms with E-state index in [1.807, 2.05) is 19.9 Å². The van der Waals surface area contributed by atoms with E-state index in [1.54, 1.807) is 24.4 Å². The first-order chi connectivity index (χ1) is 11.6. The molecule has 126 valence electrons. The number of carbonyl (C=O) groups excluding carboxylic acids is 1. The van der Waals surface area contributed by atoms with Crippen LogP contribution in [0.4, 0.5) is 0 Å². The topological polar surface area (TPSA) is 72.7 Å². The zero-order chi connectivity index (χ0) is 17.1. The molecule has 0 aliphatic heterocycles. The average molecular weight is 345 g/mol. The van der Waals surface area contributed by atoms with Gasteiger partial charge >= 0.3 is 0 Å². The van der Waals surface area contributed by atoms with Crippen molar-refractivity contribution < 1.29 is 9.53 Å². The van der Waals surface area contributed by atoms with E-state index in [0.29, 0.717) is 33.9 Å². The Morgan fingerprint density at radius 1 is 1.42 bits per heavy atom. The maximum absolute atomic E-state index is 12.5. The number of thiophene rings is 1. The molecule has 1 amide bonds. The first-order valence-electron chi connectivity index (χ1n) is 7.87. The number of carbonyl (C=O) groups is 1. The highest BCUT2D eigenvalue weighted by Crippen LogP contribution is 2.21. The summed E-state index contributed by atoms with van der Waals surface area (Å²) in [4.78, 5) is 30.2. The van der Waals surface area contributed by atoms with Crippen LogP contribution in [-0.2, 0) is 4.74 Å². The third kappa shape index (κ3) is 3.47. The summed E-state index contributed by atoms with van der Waals surface area (Å²) in [7, 11) is 0. The van der Waals surface area contributed by atoms with Gasteiger partial charge < -0.3 is 10.1 Å². The molecule has 0 radical (unpaired) electrons. The van der Waals surface area contributed by atoms with Gasteiger partial charge in [0.2, 0.25) is 0 Å². The summed E-state index contributed by atoms with van der Waals surface area (Å²) in [5, 5.41) is 3.32. The largest absolute Gasteiger partial charge is 0.379 e. The zero-order valence-corrected chi connectivity index (χ0v) is 14.4. The molecule has 6 nitrogen and oxygen atoms in total. The Labute approximate surface area is 143 Å². The van der Waals surface area contributed by atoms with Crippen LogP contribution in [0.5, 0.6) is 0 Å². The first kappa shape index (κ1) is 16.6. The number of nitrogens with one attached hydrogen (secondary N) is 1. The van der Waals surface area contributed by atoms with E-state index in [4.69, 9.17) is 4.74 Å². The number of fused-ring (bicyclic) bond motifs is 2. The van der Waals surface area contributed by atoms with Gasteiger partial charge in [-0.3, -0.25) is 14.0 Å². The Kier molecular flexibility index (Phi) is 4.92. The first-order valence-corrected chi connectivity index (χ1v) is 8.68. The van der Waals surface area contributed by atoms with Crippen molar-refractivity contribution in [3.8, 4) is 0 Å². The number of hydrogen-bond donors (Lipinski definition) is 1. The molecule has 0 aliphatic rings. The quantitative estimate of drug-likeness (QED) is 0.697. The van der Waals surface area contributed by atoms with Gasteiger partial charge in [-0.05, 0) is 38.5 Å². The molecule has 0 saturated carbocycles. The third-order valence-corrected chi connectivity index (χ3v) is 4.53. The molecule has 7 heteroatoms. The maximum atomic E-state index is 12.5. The summed E-state index contributed by atoms with van der Waals surface area (Å²) >= 11 is 1.24. The molecule has 0 saturated heterocycles. The van der Waals surface area contributed by atoms with Gasteiger partial charge in [0.15, 0.2) is 0 Å². The summed E-state index contributed by atoms with van der Waals surface area (Å²) in [6.07, 6.45) is 2.62. The Balaban J connectivity index is 1.76. The third-order valence-electron chi connectivity index (χ3n) is 3.50. The molecule has 0 fully saturated rings.